The van der Waals surface area contributed by atoms with Crippen molar-refractivity contribution >= 4 is 81.2 Å². The maximum Gasteiger partial charge on any atom is 0.266 e. The molecule has 0 aliphatic carbocycles. The molecule has 214 valence electrons. The molecule has 1 unspecified atom stereocenters. The molecule has 0 saturated heterocycles. The number of hydrogen-bond donors (Lipinski definition) is 3. The number of para-hydroxylation sites is 2. The average Bonchev–Trinajstić information content (AvgIpc) is 3.20. The summed E-state index contributed by atoms with van der Waals surface area (Å²) in [5, 5.41) is 8.18. The van der Waals surface area contributed by atoms with Crippen molar-refractivity contribution in [2.75, 3.05) is 31.5 Å². The molecule has 4 rings (SSSR count). The molecule has 41 heavy (non-hydrogen) atoms. The van der Waals surface area contributed by atoms with Crippen LogP contribution in [0.15, 0.2) is 60.7 Å². The molecule has 0 spiro atoms. The van der Waals surface area contributed by atoms with Crippen molar-refractivity contribution in [3.05, 3.63) is 77.4 Å². The van der Waals surface area contributed by atoms with E-state index < -0.39 is 27.7 Å². The first kappa shape index (κ1) is 30.2. The third-order valence-corrected chi connectivity index (χ3v) is 6.87. The summed E-state index contributed by atoms with van der Waals surface area (Å²) in [6, 6.07) is 16.0. The van der Waals surface area contributed by atoms with E-state index >= 15 is 0 Å². The zero-order valence-corrected chi connectivity index (χ0v) is 24.9. The van der Waals surface area contributed by atoms with Crippen LogP contribution in [0.4, 0.5) is 11.4 Å². The van der Waals surface area contributed by atoms with Crippen LogP contribution in [0.5, 0.6) is 17.2 Å². The van der Waals surface area contributed by atoms with Crippen LogP contribution in [-0.4, -0.2) is 54.1 Å². The van der Waals surface area contributed by atoms with Gasteiger partial charge in [0.05, 0.1) is 43.8 Å². The first-order valence-corrected chi connectivity index (χ1v) is 13.4. The number of alkyl halides is 3. The Labute approximate surface area is 255 Å². The highest BCUT2D eigenvalue weighted by molar-refractivity contribution is 7.80. The predicted molar refractivity (Wildman–Crippen MR) is 161 cm³/mol. The van der Waals surface area contributed by atoms with Crippen LogP contribution >= 0.6 is 47.0 Å². The largest absolute Gasteiger partial charge is 0.493 e. The van der Waals surface area contributed by atoms with E-state index in [4.69, 9.17) is 61.2 Å². The molecule has 10 nitrogen and oxygen atoms in total. The minimum absolute atomic E-state index is 0.0735. The van der Waals surface area contributed by atoms with Crippen molar-refractivity contribution in [1.82, 2.24) is 10.6 Å². The SMILES string of the molecule is COc1cc(C(=O)NC(NC(=S)Nc2ccccc2N2C(=O)c3ccccc3C2=O)C(Cl)(Cl)Cl)cc(OC)c1OC. The van der Waals surface area contributed by atoms with Gasteiger partial charge in [-0.05, 0) is 48.6 Å². The van der Waals surface area contributed by atoms with Crippen molar-refractivity contribution in [1.29, 1.82) is 0 Å². The number of imide groups is 1. The molecule has 3 N–H and O–H groups in total. The van der Waals surface area contributed by atoms with Crippen molar-refractivity contribution in [2.24, 2.45) is 0 Å². The standard InChI is InChI=1S/C27H23Cl3N4O6S/c1-38-19-12-14(13-20(39-2)21(19)40-3)22(35)32-25(27(28,29)30)33-26(41)31-17-10-6-7-11-18(17)34-23(36)15-8-4-5-9-16(15)24(34)37/h4-13,25H,1-3H3,(H,32,35)(H2,31,33,41). The summed E-state index contributed by atoms with van der Waals surface area (Å²) in [5.74, 6) is -0.812. The van der Waals surface area contributed by atoms with Crippen molar-refractivity contribution < 1.29 is 28.6 Å². The molecule has 3 amide bonds. The molecule has 0 aromatic heterocycles. The van der Waals surface area contributed by atoms with Gasteiger partial charge in [-0.25, -0.2) is 4.90 Å². The van der Waals surface area contributed by atoms with Crippen LogP contribution in [0.1, 0.15) is 31.1 Å². The molecular weight excluding hydrogens is 615 g/mol. The van der Waals surface area contributed by atoms with Gasteiger partial charge in [0.2, 0.25) is 9.54 Å². The Morgan fingerprint density at radius 1 is 0.854 bits per heavy atom. The number of halogens is 3. The highest BCUT2D eigenvalue weighted by atomic mass is 35.6. The van der Waals surface area contributed by atoms with E-state index in [2.05, 4.69) is 16.0 Å². The monoisotopic (exact) mass is 636 g/mol. The molecule has 0 radical (unpaired) electrons. The van der Waals surface area contributed by atoms with E-state index in [1.807, 2.05) is 0 Å². The molecule has 0 saturated carbocycles. The number of hydrogen-bond acceptors (Lipinski definition) is 7. The summed E-state index contributed by atoms with van der Waals surface area (Å²) in [4.78, 5) is 40.3. The second-order valence-corrected chi connectivity index (χ2v) is 11.2. The number of methoxy groups -OCH3 is 3. The number of fused-ring (bicyclic) bond motifs is 1. The summed E-state index contributed by atoms with van der Waals surface area (Å²) < 4.78 is 13.8. The molecule has 1 atom stereocenters. The number of rotatable bonds is 8. The lowest BCUT2D eigenvalue weighted by atomic mass is 10.1. The molecule has 1 aliphatic heterocycles. The lowest BCUT2D eigenvalue weighted by Gasteiger charge is -2.28. The fourth-order valence-corrected chi connectivity index (χ4v) is 4.65. The molecule has 14 heteroatoms. The van der Waals surface area contributed by atoms with E-state index in [9.17, 15) is 14.4 Å². The first-order chi connectivity index (χ1) is 19.5. The first-order valence-electron chi connectivity index (χ1n) is 11.8. The average molecular weight is 638 g/mol. The minimum atomic E-state index is -2.07. The van der Waals surface area contributed by atoms with Gasteiger partial charge < -0.3 is 30.2 Å². The van der Waals surface area contributed by atoms with E-state index in [0.717, 1.165) is 4.90 Å². The smallest absolute Gasteiger partial charge is 0.266 e. The topological polar surface area (TPSA) is 118 Å². The van der Waals surface area contributed by atoms with Crippen molar-refractivity contribution in [3.8, 4) is 17.2 Å². The normalized spacial score (nSPS) is 13.3. The summed E-state index contributed by atoms with van der Waals surface area (Å²) in [7, 11) is 4.26. The second-order valence-electron chi connectivity index (χ2n) is 8.47. The summed E-state index contributed by atoms with van der Waals surface area (Å²) in [5.41, 5.74) is 1.28. The van der Waals surface area contributed by atoms with Gasteiger partial charge in [0, 0.05) is 5.56 Å². The van der Waals surface area contributed by atoms with E-state index in [1.165, 1.54) is 33.5 Å². The highest BCUT2D eigenvalue weighted by Gasteiger charge is 2.38. The fourth-order valence-electron chi connectivity index (χ4n) is 4.10. The van der Waals surface area contributed by atoms with Gasteiger partial charge in [-0.2, -0.15) is 0 Å². The van der Waals surface area contributed by atoms with E-state index in [0.29, 0.717) is 22.6 Å². The molecule has 0 bridgehead atoms. The third kappa shape index (κ3) is 6.28. The fraction of sp³-hybridized carbons (Fsp3) is 0.185. The van der Waals surface area contributed by atoms with Gasteiger partial charge in [-0.1, -0.05) is 59.1 Å². The highest BCUT2D eigenvalue weighted by Crippen LogP contribution is 2.38. The minimum Gasteiger partial charge on any atom is -0.493 e. The number of nitrogens with zero attached hydrogens (tertiary/aromatic N) is 1. The predicted octanol–water partition coefficient (Wildman–Crippen LogP) is 4.93. The lowest BCUT2D eigenvalue weighted by Crippen LogP contribution is -2.56. The third-order valence-electron chi connectivity index (χ3n) is 5.99. The summed E-state index contributed by atoms with van der Waals surface area (Å²) >= 11 is 23.9. The molecule has 3 aromatic rings. The number of carbonyl (C=O) groups excluding carboxylic acids is 3. The van der Waals surface area contributed by atoms with Crippen LogP contribution < -0.4 is 35.1 Å². The van der Waals surface area contributed by atoms with Gasteiger partial charge in [0.1, 0.15) is 6.17 Å². The number of anilines is 2. The Kier molecular flexibility index (Phi) is 9.13. The number of carbonyl (C=O) groups is 3. The second kappa shape index (κ2) is 12.4. The Balaban J connectivity index is 1.54. The molecule has 0 fully saturated rings. The number of ether oxygens (including phenoxy) is 3. The van der Waals surface area contributed by atoms with E-state index in [1.54, 1.807) is 48.5 Å². The molecule has 3 aromatic carbocycles. The Morgan fingerprint density at radius 2 is 1.39 bits per heavy atom. The molecule has 1 heterocycles. The van der Waals surface area contributed by atoms with Gasteiger partial charge >= 0.3 is 0 Å². The van der Waals surface area contributed by atoms with Crippen molar-refractivity contribution in [3.63, 3.8) is 0 Å². The molecular formula is C27H23Cl3N4O6S. The van der Waals surface area contributed by atoms with Crippen LogP contribution in [0.2, 0.25) is 0 Å². The quantitative estimate of drug-likeness (QED) is 0.137. The summed E-state index contributed by atoms with van der Waals surface area (Å²) in [6.07, 6.45) is -1.33. The van der Waals surface area contributed by atoms with E-state index in [-0.39, 0.29) is 27.9 Å². The zero-order valence-electron chi connectivity index (χ0n) is 21.8. The summed E-state index contributed by atoms with van der Waals surface area (Å²) in [6.45, 7) is 0. The lowest BCUT2D eigenvalue weighted by molar-refractivity contribution is 0.0917. The number of thiocarbonyl (C=S) groups is 1. The molecule has 1 aliphatic rings. The Morgan fingerprint density at radius 3 is 1.90 bits per heavy atom. The van der Waals surface area contributed by atoms with Crippen molar-refractivity contribution in [2.45, 2.75) is 9.96 Å². The number of nitrogens with one attached hydrogen (secondary N) is 3. The number of amides is 3. The van der Waals surface area contributed by atoms with Gasteiger partial charge in [0.25, 0.3) is 17.7 Å². The zero-order chi connectivity index (χ0) is 29.9. The maximum absolute atomic E-state index is 13.2. The Bertz CT molecular complexity index is 1470. The van der Waals surface area contributed by atoms with Gasteiger partial charge in [-0.3, -0.25) is 14.4 Å². The van der Waals surface area contributed by atoms with Crippen LogP contribution in [0.3, 0.4) is 0 Å². The van der Waals surface area contributed by atoms with Crippen LogP contribution in [0.25, 0.3) is 0 Å². The maximum atomic E-state index is 13.2. The van der Waals surface area contributed by atoms with Crippen LogP contribution in [0, 0.1) is 0 Å². The Hall–Kier alpha value is -3.77. The van der Waals surface area contributed by atoms with Gasteiger partial charge in [-0.15, -0.1) is 0 Å². The number of benzene rings is 3. The van der Waals surface area contributed by atoms with Gasteiger partial charge in [0.15, 0.2) is 16.6 Å². The van der Waals surface area contributed by atoms with Crippen LogP contribution in [-0.2, 0) is 0 Å².